The molecule has 1 rings (SSSR count). The van der Waals surface area contributed by atoms with Crippen LogP contribution in [0.5, 0.6) is 0 Å². The van der Waals surface area contributed by atoms with Gasteiger partial charge in [-0.25, -0.2) is 0 Å². The number of hydroxylamine groups is 2. The summed E-state index contributed by atoms with van der Waals surface area (Å²) in [6, 6.07) is 0.291. The lowest BCUT2D eigenvalue weighted by Crippen LogP contribution is -2.49. The number of carbonyl (C=O) groups excluding carboxylic acids is 1. The maximum absolute atomic E-state index is 9.93. The highest BCUT2D eigenvalue weighted by Gasteiger charge is 2.18. The van der Waals surface area contributed by atoms with Crippen LogP contribution in [0.3, 0.4) is 0 Å². The SMILES string of the molecule is CC1CNCCN1OC=O. The Morgan fingerprint density at radius 1 is 1.80 bits per heavy atom. The summed E-state index contributed by atoms with van der Waals surface area (Å²) >= 11 is 0. The predicted octanol–water partition coefficient (Wildman–Crippen LogP) is -0.632. The largest absolute Gasteiger partial charge is 0.370 e. The normalized spacial score (nSPS) is 27.9. The van der Waals surface area contributed by atoms with Gasteiger partial charge < -0.3 is 10.2 Å². The number of hydrogen-bond acceptors (Lipinski definition) is 4. The van der Waals surface area contributed by atoms with E-state index < -0.39 is 0 Å². The van der Waals surface area contributed by atoms with Crippen molar-refractivity contribution in [1.29, 1.82) is 0 Å². The number of hydrogen-bond donors (Lipinski definition) is 1. The molecule has 0 spiro atoms. The summed E-state index contributed by atoms with van der Waals surface area (Å²) in [5.74, 6) is 0. The molecule has 10 heavy (non-hydrogen) atoms. The summed E-state index contributed by atoms with van der Waals surface area (Å²) in [6.07, 6.45) is 0. The molecule has 0 aromatic heterocycles. The Morgan fingerprint density at radius 3 is 3.20 bits per heavy atom. The Labute approximate surface area is 60.1 Å². The number of carbonyl (C=O) groups is 1. The van der Waals surface area contributed by atoms with Gasteiger partial charge in [0.25, 0.3) is 0 Å². The lowest BCUT2D eigenvalue weighted by molar-refractivity contribution is -0.187. The number of nitrogens with zero attached hydrogens (tertiary/aromatic N) is 1. The van der Waals surface area contributed by atoms with E-state index in [-0.39, 0.29) is 0 Å². The highest BCUT2D eigenvalue weighted by molar-refractivity contribution is 5.36. The van der Waals surface area contributed by atoms with Gasteiger partial charge in [0.15, 0.2) is 0 Å². The van der Waals surface area contributed by atoms with Crippen LogP contribution in [0.2, 0.25) is 0 Å². The second kappa shape index (κ2) is 3.53. The van der Waals surface area contributed by atoms with Crippen molar-refractivity contribution in [3.8, 4) is 0 Å². The Morgan fingerprint density at radius 2 is 2.60 bits per heavy atom. The zero-order chi connectivity index (χ0) is 7.40. The highest BCUT2D eigenvalue weighted by Crippen LogP contribution is 2.00. The van der Waals surface area contributed by atoms with Crippen molar-refractivity contribution in [3.05, 3.63) is 0 Å². The summed E-state index contributed by atoms with van der Waals surface area (Å²) < 4.78 is 0. The lowest BCUT2D eigenvalue weighted by atomic mass is 10.3. The summed E-state index contributed by atoms with van der Waals surface area (Å²) in [5, 5.41) is 4.87. The summed E-state index contributed by atoms with van der Waals surface area (Å²) in [7, 11) is 0. The molecule has 0 saturated carbocycles. The number of rotatable bonds is 2. The van der Waals surface area contributed by atoms with Gasteiger partial charge in [-0.2, -0.15) is 0 Å². The minimum atomic E-state index is 0.291. The number of piperazine rings is 1. The van der Waals surface area contributed by atoms with Crippen LogP contribution in [0.4, 0.5) is 0 Å². The van der Waals surface area contributed by atoms with Crippen molar-refractivity contribution in [1.82, 2.24) is 10.4 Å². The van der Waals surface area contributed by atoms with Gasteiger partial charge >= 0.3 is 6.47 Å². The predicted molar refractivity (Wildman–Crippen MR) is 36.2 cm³/mol. The van der Waals surface area contributed by atoms with E-state index in [2.05, 4.69) is 5.32 Å². The first kappa shape index (κ1) is 7.50. The average molecular weight is 144 g/mol. The first-order valence-corrected chi connectivity index (χ1v) is 3.42. The molecule has 1 saturated heterocycles. The van der Waals surface area contributed by atoms with Gasteiger partial charge in [0.2, 0.25) is 0 Å². The van der Waals surface area contributed by atoms with Crippen molar-refractivity contribution < 1.29 is 9.63 Å². The van der Waals surface area contributed by atoms with Crippen LogP contribution < -0.4 is 5.32 Å². The topological polar surface area (TPSA) is 41.6 Å². The maximum atomic E-state index is 9.93. The van der Waals surface area contributed by atoms with Crippen molar-refractivity contribution >= 4 is 6.47 Å². The quantitative estimate of drug-likeness (QED) is 0.524. The van der Waals surface area contributed by atoms with Crippen LogP contribution in [0.15, 0.2) is 0 Å². The van der Waals surface area contributed by atoms with Gasteiger partial charge in [-0.05, 0) is 6.92 Å². The third-order valence-electron chi connectivity index (χ3n) is 1.62. The van der Waals surface area contributed by atoms with E-state index in [1.165, 1.54) is 0 Å². The van der Waals surface area contributed by atoms with Crippen molar-refractivity contribution in [2.45, 2.75) is 13.0 Å². The molecule has 4 heteroatoms. The highest BCUT2D eigenvalue weighted by atomic mass is 16.7. The van der Waals surface area contributed by atoms with Crippen LogP contribution in [-0.2, 0) is 9.63 Å². The van der Waals surface area contributed by atoms with Crippen LogP contribution in [-0.4, -0.2) is 37.2 Å². The summed E-state index contributed by atoms with van der Waals surface area (Å²) in [6.45, 7) is 5.03. The molecule has 0 radical (unpaired) electrons. The van der Waals surface area contributed by atoms with Gasteiger partial charge in [0.1, 0.15) is 0 Å². The average Bonchev–Trinajstić information content (AvgIpc) is 1.94. The Bertz CT molecular complexity index is 118. The smallest absolute Gasteiger partial charge is 0.313 e. The fourth-order valence-electron chi connectivity index (χ4n) is 1.03. The van der Waals surface area contributed by atoms with Crippen LogP contribution in [0, 0.1) is 0 Å². The Hall–Kier alpha value is -0.610. The molecule has 1 heterocycles. The molecule has 1 aliphatic rings. The van der Waals surface area contributed by atoms with E-state index in [1.54, 1.807) is 5.06 Å². The van der Waals surface area contributed by atoms with E-state index >= 15 is 0 Å². The molecule has 58 valence electrons. The molecular formula is C6H12N2O2. The molecule has 1 aliphatic heterocycles. The molecule has 0 bridgehead atoms. The maximum Gasteiger partial charge on any atom is 0.313 e. The minimum absolute atomic E-state index is 0.291. The van der Waals surface area contributed by atoms with Crippen LogP contribution in [0.25, 0.3) is 0 Å². The van der Waals surface area contributed by atoms with E-state index in [9.17, 15) is 4.79 Å². The van der Waals surface area contributed by atoms with Crippen molar-refractivity contribution in [3.63, 3.8) is 0 Å². The third kappa shape index (κ3) is 1.68. The van der Waals surface area contributed by atoms with Gasteiger partial charge in [0.05, 0.1) is 6.04 Å². The number of nitrogens with one attached hydrogen (secondary N) is 1. The second-order valence-corrected chi connectivity index (χ2v) is 2.40. The molecule has 1 unspecified atom stereocenters. The molecular weight excluding hydrogens is 132 g/mol. The van der Waals surface area contributed by atoms with Gasteiger partial charge in [-0.15, -0.1) is 5.06 Å². The summed E-state index contributed by atoms with van der Waals surface area (Å²) in [5.41, 5.74) is 0. The molecule has 4 nitrogen and oxygen atoms in total. The van der Waals surface area contributed by atoms with Crippen LogP contribution >= 0.6 is 0 Å². The first-order valence-electron chi connectivity index (χ1n) is 3.42. The summed E-state index contributed by atoms with van der Waals surface area (Å²) in [4.78, 5) is 14.6. The monoisotopic (exact) mass is 144 g/mol. The van der Waals surface area contributed by atoms with Gasteiger partial charge in [0, 0.05) is 19.6 Å². The van der Waals surface area contributed by atoms with Crippen molar-refractivity contribution in [2.75, 3.05) is 19.6 Å². The van der Waals surface area contributed by atoms with E-state index in [1.807, 2.05) is 6.92 Å². The fourth-order valence-corrected chi connectivity index (χ4v) is 1.03. The van der Waals surface area contributed by atoms with E-state index in [0.717, 1.165) is 19.6 Å². The molecule has 0 aromatic carbocycles. The molecule has 1 fully saturated rings. The third-order valence-corrected chi connectivity index (χ3v) is 1.62. The zero-order valence-corrected chi connectivity index (χ0v) is 6.04. The standard InChI is InChI=1S/C6H12N2O2/c1-6-4-7-2-3-8(6)10-5-9/h5-7H,2-4H2,1H3. The van der Waals surface area contributed by atoms with E-state index in [4.69, 9.17) is 4.84 Å². The molecule has 0 aliphatic carbocycles. The van der Waals surface area contributed by atoms with Crippen LogP contribution in [0.1, 0.15) is 6.92 Å². The van der Waals surface area contributed by atoms with E-state index in [0.29, 0.717) is 12.5 Å². The minimum Gasteiger partial charge on any atom is -0.370 e. The van der Waals surface area contributed by atoms with Crippen molar-refractivity contribution in [2.24, 2.45) is 0 Å². The Kier molecular flexibility index (Phi) is 2.65. The second-order valence-electron chi connectivity index (χ2n) is 2.40. The molecule has 1 atom stereocenters. The molecule has 0 aromatic rings. The molecule has 0 amide bonds. The zero-order valence-electron chi connectivity index (χ0n) is 6.04. The van der Waals surface area contributed by atoms with Gasteiger partial charge in [-0.1, -0.05) is 0 Å². The Balaban J connectivity index is 2.32. The molecule has 1 N–H and O–H groups in total. The fraction of sp³-hybridized carbons (Fsp3) is 0.833. The van der Waals surface area contributed by atoms with Gasteiger partial charge in [-0.3, -0.25) is 4.79 Å². The first-order chi connectivity index (χ1) is 4.84. The lowest BCUT2D eigenvalue weighted by Gasteiger charge is -2.30.